The summed E-state index contributed by atoms with van der Waals surface area (Å²) in [5.41, 5.74) is 8.99. The molecule has 0 aliphatic rings. The van der Waals surface area contributed by atoms with E-state index in [9.17, 15) is 13.2 Å². The molecule has 0 spiro atoms. The first kappa shape index (κ1) is 22.7. The van der Waals surface area contributed by atoms with E-state index in [1.54, 1.807) is 18.3 Å². The molecule has 0 saturated heterocycles. The number of nitrogen functional groups attached to an aromatic ring is 1. The summed E-state index contributed by atoms with van der Waals surface area (Å²) in [5.74, 6) is -0.194. The molecule has 0 bridgehead atoms. The topological polar surface area (TPSA) is 85.1 Å². The maximum Gasteiger partial charge on any atom is 0.573 e. The fraction of sp³-hybridized carbons (Fsp3) is 0.0455. The van der Waals surface area contributed by atoms with Crippen molar-refractivity contribution in [2.45, 2.75) is 6.36 Å². The Balaban J connectivity index is 1.48. The average molecular weight is 534 g/mol. The third-order valence-electron chi connectivity index (χ3n) is 4.49. The minimum absolute atomic E-state index is 0.0632. The summed E-state index contributed by atoms with van der Waals surface area (Å²) in [4.78, 5) is 8.22. The summed E-state index contributed by atoms with van der Waals surface area (Å²) in [7, 11) is 0. The molecule has 4 rings (SSSR count). The van der Waals surface area contributed by atoms with Crippen LogP contribution in [0, 0.1) is 0 Å². The number of fused-ring (bicyclic) bond motifs is 1. The van der Waals surface area contributed by atoms with E-state index in [1.165, 1.54) is 18.2 Å². The number of nitrogens with zero attached hydrogens (tertiary/aromatic N) is 2. The van der Waals surface area contributed by atoms with E-state index in [2.05, 4.69) is 41.3 Å². The molecule has 4 N–H and O–H groups in total. The van der Waals surface area contributed by atoms with Gasteiger partial charge in [-0.15, -0.1) is 13.2 Å². The Labute approximate surface area is 200 Å². The highest BCUT2D eigenvalue weighted by Gasteiger charge is 2.32. The number of thiocarbonyl (C=S) groups is 1. The van der Waals surface area contributed by atoms with Gasteiger partial charge in [-0.25, -0.2) is 9.97 Å². The summed E-state index contributed by atoms with van der Waals surface area (Å²) in [6.45, 7) is 0. The van der Waals surface area contributed by atoms with Crippen LogP contribution in [0.4, 0.5) is 30.5 Å². The van der Waals surface area contributed by atoms with Crippen molar-refractivity contribution in [2.24, 2.45) is 0 Å². The molecular weight excluding hydrogens is 519 g/mol. The van der Waals surface area contributed by atoms with Crippen LogP contribution in [-0.2, 0) is 0 Å². The van der Waals surface area contributed by atoms with Gasteiger partial charge >= 0.3 is 6.36 Å². The molecule has 1 aromatic heterocycles. The molecule has 0 radical (unpaired) electrons. The van der Waals surface area contributed by atoms with Gasteiger partial charge in [0.05, 0.1) is 11.2 Å². The standard InChI is InChI=1S/C22H15BrF3N5OS/c23-15-5-8-19(32-22(24,25)26)18(10-15)31-21(33)29-16-6-3-12(4-7-16)13-1-2-14-11-28-20(27)30-17(14)9-13/h1-11H,(H2,27,28,30)(H2,29,31,33). The lowest BCUT2D eigenvalue weighted by Gasteiger charge is -2.16. The van der Waals surface area contributed by atoms with Crippen molar-refractivity contribution < 1.29 is 17.9 Å². The molecule has 0 aliphatic carbocycles. The van der Waals surface area contributed by atoms with E-state index in [0.29, 0.717) is 10.2 Å². The van der Waals surface area contributed by atoms with Crippen LogP contribution in [0.15, 0.2) is 71.3 Å². The molecule has 1 heterocycles. The maximum absolute atomic E-state index is 12.7. The van der Waals surface area contributed by atoms with Gasteiger partial charge < -0.3 is 21.1 Å². The highest BCUT2D eigenvalue weighted by molar-refractivity contribution is 9.10. The molecule has 0 amide bonds. The molecule has 33 heavy (non-hydrogen) atoms. The van der Waals surface area contributed by atoms with Crippen molar-refractivity contribution in [3.63, 3.8) is 0 Å². The summed E-state index contributed by atoms with van der Waals surface area (Å²) >= 11 is 8.48. The Bertz CT molecular complexity index is 1330. The van der Waals surface area contributed by atoms with Gasteiger partial charge in [0, 0.05) is 21.7 Å². The molecule has 168 valence electrons. The first-order valence-electron chi connectivity index (χ1n) is 9.42. The van der Waals surface area contributed by atoms with Crippen molar-refractivity contribution in [3.05, 3.63) is 71.3 Å². The molecule has 0 unspecified atom stereocenters. The fourth-order valence-corrected chi connectivity index (χ4v) is 3.65. The zero-order valence-electron chi connectivity index (χ0n) is 16.7. The third-order valence-corrected chi connectivity index (χ3v) is 5.19. The highest BCUT2D eigenvalue weighted by atomic mass is 79.9. The zero-order valence-corrected chi connectivity index (χ0v) is 19.1. The Morgan fingerprint density at radius 2 is 1.70 bits per heavy atom. The number of ether oxygens (including phenoxy) is 1. The Morgan fingerprint density at radius 3 is 2.42 bits per heavy atom. The van der Waals surface area contributed by atoms with Crippen LogP contribution >= 0.6 is 28.1 Å². The second-order valence-electron chi connectivity index (χ2n) is 6.85. The molecule has 11 heteroatoms. The molecule has 3 aromatic carbocycles. The summed E-state index contributed by atoms with van der Waals surface area (Å²) in [5, 5.41) is 6.66. The molecular formula is C22H15BrF3N5OS. The van der Waals surface area contributed by atoms with Crippen molar-refractivity contribution >= 4 is 61.5 Å². The maximum atomic E-state index is 12.7. The van der Waals surface area contributed by atoms with Crippen LogP contribution in [0.3, 0.4) is 0 Å². The van der Waals surface area contributed by atoms with Crippen LogP contribution < -0.4 is 21.1 Å². The lowest BCUT2D eigenvalue weighted by molar-refractivity contribution is -0.274. The monoisotopic (exact) mass is 533 g/mol. The number of nitrogens with one attached hydrogen (secondary N) is 2. The number of anilines is 3. The van der Waals surface area contributed by atoms with Crippen LogP contribution in [0.5, 0.6) is 5.75 Å². The normalized spacial score (nSPS) is 11.3. The van der Waals surface area contributed by atoms with Gasteiger partial charge in [-0.05, 0) is 59.7 Å². The molecule has 4 aromatic rings. The number of alkyl halides is 3. The molecule has 0 atom stereocenters. The predicted molar refractivity (Wildman–Crippen MR) is 130 cm³/mol. The van der Waals surface area contributed by atoms with Gasteiger partial charge in [-0.3, -0.25) is 0 Å². The van der Waals surface area contributed by atoms with Crippen molar-refractivity contribution in [1.29, 1.82) is 0 Å². The summed E-state index contributed by atoms with van der Waals surface area (Å²) in [6, 6.07) is 17.2. The molecule has 0 saturated carbocycles. The molecule has 0 aliphatic heterocycles. The SMILES string of the molecule is Nc1ncc2ccc(-c3ccc(NC(=S)Nc4cc(Br)ccc4OC(F)(F)F)cc3)cc2n1. The van der Waals surface area contributed by atoms with Crippen LogP contribution in [0.25, 0.3) is 22.0 Å². The summed E-state index contributed by atoms with van der Waals surface area (Å²) in [6.07, 6.45) is -3.16. The number of hydrogen-bond donors (Lipinski definition) is 3. The summed E-state index contributed by atoms with van der Waals surface area (Å²) < 4.78 is 42.6. The van der Waals surface area contributed by atoms with E-state index >= 15 is 0 Å². The second kappa shape index (κ2) is 9.20. The minimum atomic E-state index is -4.82. The molecule has 0 fully saturated rings. The Morgan fingerprint density at radius 1 is 0.970 bits per heavy atom. The van der Waals surface area contributed by atoms with E-state index < -0.39 is 12.1 Å². The fourth-order valence-electron chi connectivity index (χ4n) is 3.06. The zero-order chi connectivity index (χ0) is 23.6. The lowest BCUT2D eigenvalue weighted by atomic mass is 10.0. The lowest BCUT2D eigenvalue weighted by Crippen LogP contribution is -2.22. The average Bonchev–Trinajstić information content (AvgIpc) is 2.75. The van der Waals surface area contributed by atoms with E-state index in [1.807, 2.05) is 30.3 Å². The Hall–Kier alpha value is -3.44. The predicted octanol–water partition coefficient (Wildman–Crippen LogP) is 6.35. The minimum Gasteiger partial charge on any atom is -0.404 e. The van der Waals surface area contributed by atoms with Crippen LogP contribution in [0.1, 0.15) is 0 Å². The van der Waals surface area contributed by atoms with Crippen LogP contribution in [0.2, 0.25) is 0 Å². The number of nitrogens with two attached hydrogens (primary N) is 1. The number of hydrogen-bond acceptors (Lipinski definition) is 5. The van der Waals surface area contributed by atoms with Gasteiger partial charge in [0.1, 0.15) is 0 Å². The first-order chi connectivity index (χ1) is 15.7. The van der Waals surface area contributed by atoms with Gasteiger partial charge in [-0.1, -0.05) is 40.2 Å². The largest absolute Gasteiger partial charge is 0.573 e. The van der Waals surface area contributed by atoms with Crippen molar-refractivity contribution in [2.75, 3.05) is 16.4 Å². The molecule has 6 nitrogen and oxygen atoms in total. The number of aromatic nitrogens is 2. The highest BCUT2D eigenvalue weighted by Crippen LogP contribution is 2.33. The van der Waals surface area contributed by atoms with Gasteiger partial charge in [0.2, 0.25) is 5.95 Å². The Kier molecular flexibility index (Phi) is 6.34. The second-order valence-corrected chi connectivity index (χ2v) is 8.17. The van der Waals surface area contributed by atoms with Crippen LogP contribution in [-0.4, -0.2) is 21.4 Å². The number of halogens is 4. The van der Waals surface area contributed by atoms with Gasteiger partial charge in [0.25, 0.3) is 0 Å². The van der Waals surface area contributed by atoms with E-state index in [-0.39, 0.29) is 16.7 Å². The van der Waals surface area contributed by atoms with Crippen molar-refractivity contribution in [3.8, 4) is 16.9 Å². The quantitative estimate of drug-likeness (QED) is 0.263. The smallest absolute Gasteiger partial charge is 0.404 e. The van der Waals surface area contributed by atoms with Gasteiger partial charge in [0.15, 0.2) is 10.9 Å². The third kappa shape index (κ3) is 5.88. The number of rotatable bonds is 4. The van der Waals surface area contributed by atoms with Gasteiger partial charge in [-0.2, -0.15) is 0 Å². The van der Waals surface area contributed by atoms with E-state index in [4.69, 9.17) is 18.0 Å². The van der Waals surface area contributed by atoms with Crippen molar-refractivity contribution in [1.82, 2.24) is 9.97 Å². The first-order valence-corrected chi connectivity index (χ1v) is 10.6. The number of benzene rings is 3. The van der Waals surface area contributed by atoms with E-state index in [0.717, 1.165) is 22.0 Å².